The molecular weight excluding hydrogens is 280 g/mol. The minimum absolute atomic E-state index is 0.0751. The summed E-state index contributed by atoms with van der Waals surface area (Å²) in [4.78, 5) is 11.3. The van der Waals surface area contributed by atoms with Crippen LogP contribution in [0.4, 0.5) is 31.5 Å². The van der Waals surface area contributed by atoms with Crippen molar-refractivity contribution in [2.24, 2.45) is 0 Å². The summed E-state index contributed by atoms with van der Waals surface area (Å²) in [5.41, 5.74) is 7.25. The fourth-order valence-corrected chi connectivity index (χ4v) is 2.03. The lowest BCUT2D eigenvalue weighted by molar-refractivity contribution is -0.118. The lowest BCUT2D eigenvalue weighted by Gasteiger charge is -2.20. The number of nitrogen functional groups attached to an aromatic ring is 1. The molecule has 0 aliphatic carbocycles. The number of nitrogens with one attached hydrogen (secondary N) is 2. The molecule has 0 aromatic heterocycles. The molecule has 108 valence electrons. The van der Waals surface area contributed by atoms with Crippen LogP contribution in [-0.4, -0.2) is 12.5 Å². The molecule has 0 saturated heterocycles. The number of benzene rings is 2. The molecule has 0 spiro atoms. The molecule has 0 saturated carbocycles. The Kier molecular flexibility index (Phi) is 3.09. The van der Waals surface area contributed by atoms with E-state index in [9.17, 15) is 13.6 Å². The Bertz CT molecular complexity index is 714. The van der Waals surface area contributed by atoms with Crippen molar-refractivity contribution in [3.63, 3.8) is 0 Å². The summed E-state index contributed by atoms with van der Waals surface area (Å²) in [6, 6.07) is 6.13. The van der Waals surface area contributed by atoms with Gasteiger partial charge in [-0.15, -0.1) is 0 Å². The predicted molar refractivity (Wildman–Crippen MR) is 74.6 cm³/mol. The van der Waals surface area contributed by atoms with E-state index in [2.05, 4.69) is 10.6 Å². The van der Waals surface area contributed by atoms with Crippen LogP contribution in [0.1, 0.15) is 0 Å². The maximum absolute atomic E-state index is 13.2. The zero-order valence-corrected chi connectivity index (χ0v) is 10.7. The minimum Gasteiger partial charge on any atom is -0.482 e. The largest absolute Gasteiger partial charge is 0.482 e. The fourth-order valence-electron chi connectivity index (χ4n) is 2.03. The normalized spacial score (nSPS) is 13.1. The first-order chi connectivity index (χ1) is 10.0. The van der Waals surface area contributed by atoms with Gasteiger partial charge in [0.1, 0.15) is 17.4 Å². The number of carbonyl (C=O) groups excluding carboxylic acids is 1. The number of hydrogen-bond donors (Lipinski definition) is 3. The van der Waals surface area contributed by atoms with Crippen molar-refractivity contribution >= 4 is 28.7 Å². The average molecular weight is 291 g/mol. The van der Waals surface area contributed by atoms with E-state index >= 15 is 0 Å². The first-order valence-corrected chi connectivity index (χ1v) is 6.10. The predicted octanol–water partition coefficient (Wildman–Crippen LogP) is 2.62. The second-order valence-electron chi connectivity index (χ2n) is 4.56. The summed E-state index contributed by atoms with van der Waals surface area (Å²) in [5, 5.41) is 5.44. The van der Waals surface area contributed by atoms with Gasteiger partial charge in [-0.05, 0) is 18.2 Å². The Morgan fingerprint density at radius 3 is 2.57 bits per heavy atom. The highest BCUT2D eigenvalue weighted by molar-refractivity contribution is 5.97. The summed E-state index contributed by atoms with van der Waals surface area (Å²) in [7, 11) is 0. The van der Waals surface area contributed by atoms with Gasteiger partial charge in [-0.25, -0.2) is 8.78 Å². The van der Waals surface area contributed by atoms with E-state index in [4.69, 9.17) is 10.5 Å². The van der Waals surface area contributed by atoms with Crippen LogP contribution in [0.5, 0.6) is 5.75 Å². The van der Waals surface area contributed by atoms with E-state index in [0.29, 0.717) is 22.8 Å². The minimum atomic E-state index is -0.703. The molecule has 1 amide bonds. The Balaban J connectivity index is 1.95. The van der Waals surface area contributed by atoms with Crippen LogP contribution >= 0.6 is 0 Å². The van der Waals surface area contributed by atoms with Gasteiger partial charge in [0.25, 0.3) is 5.91 Å². The Labute approximate surface area is 118 Å². The Hall–Kier alpha value is -2.83. The lowest BCUT2D eigenvalue weighted by atomic mass is 10.2. The van der Waals surface area contributed by atoms with Gasteiger partial charge in [-0.3, -0.25) is 4.79 Å². The molecule has 21 heavy (non-hydrogen) atoms. The van der Waals surface area contributed by atoms with Gasteiger partial charge < -0.3 is 21.1 Å². The Morgan fingerprint density at radius 1 is 1.14 bits per heavy atom. The van der Waals surface area contributed by atoms with Crippen LogP contribution < -0.4 is 21.1 Å². The van der Waals surface area contributed by atoms with Crippen LogP contribution in [0.3, 0.4) is 0 Å². The molecule has 7 heteroatoms. The monoisotopic (exact) mass is 291 g/mol. The standard InChI is InChI=1S/C14H11F2N3O2/c15-7-1-8(16)3-9(2-7)18-11-5-12-13(4-10(11)17)21-6-14(20)19-12/h1-5,18H,6,17H2,(H,19,20). The van der Waals surface area contributed by atoms with Crippen molar-refractivity contribution in [2.75, 3.05) is 23.0 Å². The van der Waals surface area contributed by atoms with Gasteiger partial charge in [0.05, 0.1) is 17.1 Å². The maximum atomic E-state index is 13.2. The number of amides is 1. The molecule has 0 unspecified atom stereocenters. The van der Waals surface area contributed by atoms with E-state index in [1.807, 2.05) is 0 Å². The fraction of sp³-hybridized carbons (Fsp3) is 0.0714. The van der Waals surface area contributed by atoms with Crippen LogP contribution in [0, 0.1) is 11.6 Å². The van der Waals surface area contributed by atoms with E-state index in [-0.39, 0.29) is 18.2 Å². The molecule has 4 N–H and O–H groups in total. The maximum Gasteiger partial charge on any atom is 0.262 e. The first kappa shape index (κ1) is 13.2. The topological polar surface area (TPSA) is 76.4 Å². The quantitative estimate of drug-likeness (QED) is 0.743. The second kappa shape index (κ2) is 4.93. The third-order valence-electron chi connectivity index (χ3n) is 2.93. The van der Waals surface area contributed by atoms with Crippen molar-refractivity contribution in [2.45, 2.75) is 0 Å². The van der Waals surface area contributed by atoms with E-state index in [1.165, 1.54) is 6.07 Å². The van der Waals surface area contributed by atoms with E-state index in [1.54, 1.807) is 6.07 Å². The molecular formula is C14H11F2N3O2. The SMILES string of the molecule is Nc1cc2c(cc1Nc1cc(F)cc(F)c1)NC(=O)CO2. The smallest absolute Gasteiger partial charge is 0.262 e. The van der Waals surface area contributed by atoms with Crippen molar-refractivity contribution in [3.05, 3.63) is 42.0 Å². The van der Waals surface area contributed by atoms with Crippen LogP contribution in [0.15, 0.2) is 30.3 Å². The molecule has 0 atom stereocenters. The van der Waals surface area contributed by atoms with Crippen molar-refractivity contribution in [1.29, 1.82) is 0 Å². The van der Waals surface area contributed by atoms with E-state index < -0.39 is 11.6 Å². The van der Waals surface area contributed by atoms with Gasteiger partial charge in [0.15, 0.2) is 6.61 Å². The number of nitrogens with two attached hydrogens (primary N) is 1. The van der Waals surface area contributed by atoms with Gasteiger partial charge in [-0.1, -0.05) is 0 Å². The zero-order chi connectivity index (χ0) is 15.0. The van der Waals surface area contributed by atoms with Crippen LogP contribution in [0.25, 0.3) is 0 Å². The second-order valence-corrected chi connectivity index (χ2v) is 4.56. The number of hydrogen-bond acceptors (Lipinski definition) is 4. The molecule has 0 bridgehead atoms. The van der Waals surface area contributed by atoms with E-state index in [0.717, 1.165) is 18.2 Å². The van der Waals surface area contributed by atoms with Gasteiger partial charge in [-0.2, -0.15) is 0 Å². The summed E-state index contributed by atoms with van der Waals surface area (Å²) in [5.74, 6) is -1.24. The number of anilines is 4. The summed E-state index contributed by atoms with van der Waals surface area (Å²) in [6.07, 6.45) is 0. The molecule has 1 aliphatic heterocycles. The Morgan fingerprint density at radius 2 is 1.86 bits per heavy atom. The highest BCUT2D eigenvalue weighted by atomic mass is 19.1. The molecule has 1 heterocycles. The number of rotatable bonds is 2. The van der Waals surface area contributed by atoms with Gasteiger partial charge in [0.2, 0.25) is 0 Å². The lowest BCUT2D eigenvalue weighted by Crippen LogP contribution is -2.25. The van der Waals surface area contributed by atoms with Crippen molar-refractivity contribution in [1.82, 2.24) is 0 Å². The molecule has 1 aliphatic rings. The number of halogens is 2. The number of fused-ring (bicyclic) bond motifs is 1. The third kappa shape index (κ3) is 2.71. The van der Waals surface area contributed by atoms with Gasteiger partial charge >= 0.3 is 0 Å². The molecule has 0 fully saturated rings. The number of ether oxygens (including phenoxy) is 1. The van der Waals surface area contributed by atoms with Crippen molar-refractivity contribution in [3.8, 4) is 5.75 Å². The highest BCUT2D eigenvalue weighted by Gasteiger charge is 2.18. The average Bonchev–Trinajstić information content (AvgIpc) is 2.39. The molecule has 2 aromatic rings. The number of carbonyl (C=O) groups is 1. The third-order valence-corrected chi connectivity index (χ3v) is 2.93. The summed E-state index contributed by atoms with van der Waals surface area (Å²) in [6.45, 7) is -0.0751. The molecule has 3 rings (SSSR count). The van der Waals surface area contributed by atoms with Crippen LogP contribution in [0.2, 0.25) is 0 Å². The zero-order valence-electron chi connectivity index (χ0n) is 10.7. The molecule has 0 radical (unpaired) electrons. The van der Waals surface area contributed by atoms with Crippen molar-refractivity contribution < 1.29 is 18.3 Å². The first-order valence-electron chi connectivity index (χ1n) is 6.10. The summed E-state index contributed by atoms with van der Waals surface area (Å²) >= 11 is 0. The van der Waals surface area contributed by atoms with Crippen LogP contribution in [-0.2, 0) is 4.79 Å². The molecule has 2 aromatic carbocycles. The molecule has 5 nitrogen and oxygen atoms in total. The summed E-state index contributed by atoms with van der Waals surface area (Å²) < 4.78 is 31.6. The van der Waals surface area contributed by atoms with Gasteiger partial charge in [0, 0.05) is 17.8 Å². The highest BCUT2D eigenvalue weighted by Crippen LogP contribution is 2.36.